The second kappa shape index (κ2) is 14.5. The molecule has 0 fully saturated rings. The molecule has 3 aromatic carbocycles. The Kier molecular flexibility index (Phi) is 11.3. The first kappa shape index (κ1) is 31.4. The average molecular weight is 719 g/mol. The number of hydrogen-bond acceptors (Lipinski definition) is 2. The van der Waals surface area contributed by atoms with Gasteiger partial charge in [0.1, 0.15) is 0 Å². The van der Waals surface area contributed by atoms with Gasteiger partial charge in [-0.1, -0.05) is 94.5 Å². The Hall–Kier alpha value is -3.17. The first-order valence-corrected chi connectivity index (χ1v) is 17.2. The molecule has 1 radical (unpaired) electrons. The van der Waals surface area contributed by atoms with Crippen molar-refractivity contribution in [2.75, 3.05) is 0 Å². The van der Waals surface area contributed by atoms with Crippen molar-refractivity contribution in [3.63, 3.8) is 0 Å². The summed E-state index contributed by atoms with van der Waals surface area (Å²) in [6, 6.07) is 40.2. The molecule has 5 rings (SSSR count). The van der Waals surface area contributed by atoms with Crippen LogP contribution in [0.25, 0.3) is 22.5 Å². The molecule has 2 heterocycles. The Labute approximate surface area is 255 Å². The summed E-state index contributed by atoms with van der Waals surface area (Å²) in [7, 11) is -1.39. The fourth-order valence-corrected chi connectivity index (χ4v) is 5.54. The summed E-state index contributed by atoms with van der Waals surface area (Å²) in [5.74, 6) is 0.853. The van der Waals surface area contributed by atoms with Crippen LogP contribution in [0.4, 0.5) is 0 Å². The van der Waals surface area contributed by atoms with Gasteiger partial charge in [-0.3, -0.25) is 0 Å². The summed E-state index contributed by atoms with van der Waals surface area (Å²) in [6.45, 7) is 13.8. The molecule has 0 N–H and O–H groups in total. The van der Waals surface area contributed by atoms with Crippen LogP contribution >= 0.6 is 0 Å². The maximum absolute atomic E-state index is 4.56. The van der Waals surface area contributed by atoms with E-state index in [1.165, 1.54) is 21.9 Å². The van der Waals surface area contributed by atoms with Crippen LogP contribution in [0.2, 0.25) is 19.6 Å². The third-order valence-corrected chi connectivity index (χ3v) is 8.98. The fourth-order valence-electron chi connectivity index (χ4n) is 4.45. The molecular formula is C36H38IrN2Si-2. The van der Waals surface area contributed by atoms with Crippen LogP contribution in [0.1, 0.15) is 49.3 Å². The van der Waals surface area contributed by atoms with Gasteiger partial charge in [-0.05, 0) is 40.9 Å². The first-order chi connectivity index (χ1) is 18.7. The van der Waals surface area contributed by atoms with Crippen molar-refractivity contribution in [2.45, 2.75) is 52.2 Å². The largest absolute Gasteiger partial charge is 0.305 e. The molecule has 0 aliphatic heterocycles. The predicted octanol–water partition coefficient (Wildman–Crippen LogP) is 8.92. The van der Waals surface area contributed by atoms with Crippen molar-refractivity contribution in [1.29, 1.82) is 0 Å². The molecule has 1 unspecified atom stereocenters. The summed E-state index contributed by atoms with van der Waals surface area (Å²) >= 11 is 0. The Balaban J connectivity index is 0.000000238. The summed E-state index contributed by atoms with van der Waals surface area (Å²) < 4.78 is 0. The van der Waals surface area contributed by atoms with Crippen LogP contribution in [0.15, 0.2) is 109 Å². The number of rotatable bonds is 6. The topological polar surface area (TPSA) is 25.8 Å². The number of pyridine rings is 2. The molecule has 0 aliphatic rings. The van der Waals surface area contributed by atoms with E-state index >= 15 is 0 Å². The third kappa shape index (κ3) is 8.17. The molecule has 2 aromatic heterocycles. The van der Waals surface area contributed by atoms with Gasteiger partial charge in [0.2, 0.25) is 0 Å². The molecule has 207 valence electrons. The smallest absolute Gasteiger partial charge is 0.0292 e. The van der Waals surface area contributed by atoms with Gasteiger partial charge in [0.15, 0.2) is 0 Å². The van der Waals surface area contributed by atoms with Crippen LogP contribution in [-0.4, -0.2) is 18.0 Å². The van der Waals surface area contributed by atoms with Gasteiger partial charge in [-0.2, -0.15) is 0 Å². The predicted molar refractivity (Wildman–Crippen MR) is 168 cm³/mol. The standard InChI is InChI=1S/C22H24NSi.C14H14N.Ir/c1-17(18-10-6-5-7-11-18)21-16-19(24(2,3)4)13-14-20(21)22-12-8-9-15-23-22;1-11(2)13-8-9-15-14(10-13)12-6-4-3-5-7-12;/h5-13,15-17H,1-4H3;3-6,8-11H,1-2H3;/q2*-1;. The van der Waals surface area contributed by atoms with Crippen LogP contribution in [0, 0.1) is 12.1 Å². The van der Waals surface area contributed by atoms with Crippen molar-refractivity contribution < 1.29 is 20.1 Å². The second-order valence-corrected chi connectivity index (χ2v) is 16.3. The molecule has 0 saturated carbocycles. The van der Waals surface area contributed by atoms with E-state index < -0.39 is 8.07 Å². The molecule has 0 spiro atoms. The zero-order valence-electron chi connectivity index (χ0n) is 24.3. The minimum atomic E-state index is -1.39. The summed E-state index contributed by atoms with van der Waals surface area (Å²) in [6.07, 6.45) is 3.72. The van der Waals surface area contributed by atoms with Gasteiger partial charge in [0.05, 0.1) is 0 Å². The summed E-state index contributed by atoms with van der Waals surface area (Å²) in [4.78, 5) is 8.92. The van der Waals surface area contributed by atoms with Crippen LogP contribution in [0.3, 0.4) is 0 Å². The van der Waals surface area contributed by atoms with Gasteiger partial charge in [0.25, 0.3) is 0 Å². The first-order valence-electron chi connectivity index (χ1n) is 13.7. The van der Waals surface area contributed by atoms with E-state index in [4.69, 9.17) is 0 Å². The zero-order chi connectivity index (χ0) is 27.8. The van der Waals surface area contributed by atoms with Gasteiger partial charge in [0, 0.05) is 40.6 Å². The van der Waals surface area contributed by atoms with Crippen molar-refractivity contribution in [1.82, 2.24) is 9.97 Å². The monoisotopic (exact) mass is 719 g/mol. The van der Waals surface area contributed by atoms with Crippen LogP contribution in [-0.2, 0) is 20.1 Å². The fraction of sp³-hybridized carbons (Fsp3) is 0.222. The Morgan fingerprint density at radius 2 is 1.38 bits per heavy atom. The van der Waals surface area contributed by atoms with Crippen molar-refractivity contribution in [3.05, 3.63) is 138 Å². The number of aromatic nitrogens is 2. The number of nitrogens with zero attached hydrogens (tertiary/aromatic N) is 2. The van der Waals surface area contributed by atoms with E-state index in [1.807, 2.05) is 48.8 Å². The van der Waals surface area contributed by atoms with Crippen molar-refractivity contribution in [2.24, 2.45) is 0 Å². The molecule has 4 heteroatoms. The zero-order valence-corrected chi connectivity index (χ0v) is 27.7. The molecule has 40 heavy (non-hydrogen) atoms. The average Bonchev–Trinajstić information content (AvgIpc) is 2.98. The number of benzene rings is 3. The molecule has 0 amide bonds. The van der Waals surface area contributed by atoms with E-state index in [0.29, 0.717) is 11.8 Å². The van der Waals surface area contributed by atoms with E-state index in [0.717, 1.165) is 22.5 Å². The Bertz CT molecular complexity index is 1460. The summed E-state index contributed by atoms with van der Waals surface area (Å²) in [5.41, 5.74) is 8.14. The summed E-state index contributed by atoms with van der Waals surface area (Å²) in [5, 5.41) is 1.44. The van der Waals surface area contributed by atoms with Gasteiger partial charge in [-0.25, -0.2) is 0 Å². The van der Waals surface area contributed by atoms with Crippen molar-refractivity contribution in [3.8, 4) is 22.5 Å². The molecule has 1 atom stereocenters. The maximum Gasteiger partial charge on any atom is 0.0292 e. The van der Waals surface area contributed by atoms with E-state index in [-0.39, 0.29) is 20.1 Å². The third-order valence-electron chi connectivity index (χ3n) is 6.96. The van der Waals surface area contributed by atoms with Gasteiger partial charge < -0.3 is 9.97 Å². The second-order valence-electron chi connectivity index (χ2n) is 11.2. The normalized spacial score (nSPS) is 11.7. The minimum absolute atomic E-state index is 0. The molecule has 0 aliphatic carbocycles. The van der Waals surface area contributed by atoms with E-state index in [1.54, 1.807) is 0 Å². The molecule has 0 saturated heterocycles. The van der Waals surface area contributed by atoms with Gasteiger partial charge in [-0.15, -0.1) is 70.4 Å². The molecule has 2 nitrogen and oxygen atoms in total. The molecule has 5 aromatic rings. The molecular weight excluding hydrogens is 681 g/mol. The molecule has 0 bridgehead atoms. The maximum atomic E-state index is 4.56. The Morgan fingerprint density at radius 3 is 2.00 bits per heavy atom. The quantitative estimate of drug-likeness (QED) is 0.130. The van der Waals surface area contributed by atoms with Crippen LogP contribution < -0.4 is 5.19 Å². The van der Waals surface area contributed by atoms with E-state index in [9.17, 15) is 0 Å². The SMILES string of the molecule is CC(C)c1ccnc(-c2[c-]cccc2)c1.CC(c1ccccc1)c1cc([Si](C)(C)C)c[c-]c1-c1ccccn1.[Ir]. The van der Waals surface area contributed by atoms with Gasteiger partial charge >= 0.3 is 0 Å². The number of hydrogen-bond donors (Lipinski definition) is 0. The van der Waals surface area contributed by atoms with E-state index in [2.05, 4.69) is 123 Å². The van der Waals surface area contributed by atoms with Crippen molar-refractivity contribution >= 4 is 13.3 Å². The van der Waals surface area contributed by atoms with Crippen LogP contribution in [0.5, 0.6) is 0 Å². The minimum Gasteiger partial charge on any atom is -0.305 e. The Morgan fingerprint density at radius 1 is 0.675 bits per heavy atom.